The molecule has 0 bridgehead atoms. The molecule has 1 aliphatic rings. The van der Waals surface area contributed by atoms with Gasteiger partial charge in [-0.2, -0.15) is 0 Å². The fraction of sp³-hybridized carbons (Fsp3) is 0.875. The van der Waals surface area contributed by atoms with Crippen LogP contribution in [-0.2, 0) is 14.3 Å². The third-order valence-corrected chi connectivity index (χ3v) is 1.84. The van der Waals surface area contributed by atoms with E-state index < -0.39 is 12.1 Å². The Labute approximate surface area is 77.0 Å². The molecule has 1 aliphatic heterocycles. The summed E-state index contributed by atoms with van der Waals surface area (Å²) in [4.78, 5) is 10.6. The minimum Gasteiger partial charge on any atom is -0.479 e. The number of carboxylic acids is 1. The number of morpholine rings is 1. The molecule has 2 N–H and O–H groups in total. The summed E-state index contributed by atoms with van der Waals surface area (Å²) in [7, 11) is 0. The zero-order chi connectivity index (χ0) is 9.68. The first-order chi connectivity index (χ1) is 6.24. The Morgan fingerprint density at radius 3 is 3.08 bits per heavy atom. The summed E-state index contributed by atoms with van der Waals surface area (Å²) in [5, 5.41) is 11.7. The van der Waals surface area contributed by atoms with Crippen LogP contribution < -0.4 is 5.32 Å². The van der Waals surface area contributed by atoms with Crippen LogP contribution in [0.15, 0.2) is 0 Å². The lowest BCUT2D eigenvalue weighted by molar-refractivity contribution is -0.159. The SMILES string of the molecule is CCOC[C@@H]1CNC[C@H](C(=O)O)O1. The average molecular weight is 189 g/mol. The third kappa shape index (κ3) is 3.30. The number of nitrogens with one attached hydrogen (secondary N) is 1. The van der Waals surface area contributed by atoms with Gasteiger partial charge in [0.2, 0.25) is 0 Å². The average Bonchev–Trinajstić information content (AvgIpc) is 2.15. The van der Waals surface area contributed by atoms with Crippen LogP contribution in [0, 0.1) is 0 Å². The minimum atomic E-state index is -0.923. The molecule has 76 valence electrons. The highest BCUT2D eigenvalue weighted by Crippen LogP contribution is 2.04. The molecule has 5 heteroatoms. The third-order valence-electron chi connectivity index (χ3n) is 1.84. The van der Waals surface area contributed by atoms with Crippen LogP contribution in [0.3, 0.4) is 0 Å². The molecule has 0 spiro atoms. The first-order valence-electron chi connectivity index (χ1n) is 4.40. The number of aliphatic carboxylic acids is 1. The Balaban J connectivity index is 2.29. The van der Waals surface area contributed by atoms with Gasteiger partial charge in [-0.25, -0.2) is 4.79 Å². The largest absolute Gasteiger partial charge is 0.479 e. The molecule has 0 saturated carbocycles. The molecule has 0 aromatic carbocycles. The predicted molar refractivity (Wildman–Crippen MR) is 45.7 cm³/mol. The van der Waals surface area contributed by atoms with Gasteiger partial charge < -0.3 is 19.9 Å². The molecule has 0 aromatic rings. The van der Waals surface area contributed by atoms with Crippen molar-refractivity contribution < 1.29 is 19.4 Å². The van der Waals surface area contributed by atoms with Crippen LogP contribution in [0.25, 0.3) is 0 Å². The molecule has 0 radical (unpaired) electrons. The van der Waals surface area contributed by atoms with E-state index in [1.54, 1.807) is 0 Å². The van der Waals surface area contributed by atoms with Crippen LogP contribution in [0.4, 0.5) is 0 Å². The van der Waals surface area contributed by atoms with Gasteiger partial charge >= 0.3 is 5.97 Å². The fourth-order valence-corrected chi connectivity index (χ4v) is 1.20. The molecular formula is C8H15NO4. The standard InChI is InChI=1S/C8H15NO4/c1-2-12-5-6-3-9-4-7(13-6)8(10)11/h6-7,9H,2-5H2,1H3,(H,10,11)/t6-,7+/m0/s1. The van der Waals surface area contributed by atoms with E-state index in [1.807, 2.05) is 6.92 Å². The second-order valence-electron chi connectivity index (χ2n) is 2.90. The van der Waals surface area contributed by atoms with Gasteiger partial charge in [-0.05, 0) is 6.92 Å². The van der Waals surface area contributed by atoms with E-state index >= 15 is 0 Å². The first-order valence-corrected chi connectivity index (χ1v) is 4.40. The van der Waals surface area contributed by atoms with Crippen molar-refractivity contribution in [2.24, 2.45) is 0 Å². The summed E-state index contributed by atoms with van der Waals surface area (Å²) in [6.07, 6.45) is -0.881. The van der Waals surface area contributed by atoms with Gasteiger partial charge in [-0.15, -0.1) is 0 Å². The Hall–Kier alpha value is -0.650. The van der Waals surface area contributed by atoms with Crippen molar-refractivity contribution >= 4 is 5.97 Å². The first kappa shape index (κ1) is 10.4. The summed E-state index contributed by atoms with van der Waals surface area (Å²) >= 11 is 0. The molecule has 0 unspecified atom stereocenters. The van der Waals surface area contributed by atoms with E-state index in [1.165, 1.54) is 0 Å². The number of hydrogen-bond acceptors (Lipinski definition) is 4. The lowest BCUT2D eigenvalue weighted by Crippen LogP contribution is -2.49. The Morgan fingerprint density at radius 2 is 2.46 bits per heavy atom. The maximum atomic E-state index is 10.6. The highest BCUT2D eigenvalue weighted by Gasteiger charge is 2.26. The smallest absolute Gasteiger partial charge is 0.334 e. The van der Waals surface area contributed by atoms with Crippen molar-refractivity contribution in [2.45, 2.75) is 19.1 Å². The van der Waals surface area contributed by atoms with Crippen molar-refractivity contribution in [1.82, 2.24) is 5.32 Å². The lowest BCUT2D eigenvalue weighted by Gasteiger charge is -2.28. The van der Waals surface area contributed by atoms with Crippen molar-refractivity contribution in [3.63, 3.8) is 0 Å². The van der Waals surface area contributed by atoms with Crippen LogP contribution in [0.1, 0.15) is 6.92 Å². The van der Waals surface area contributed by atoms with Gasteiger partial charge in [-0.3, -0.25) is 0 Å². The Kier molecular flexibility index (Phi) is 4.14. The quantitative estimate of drug-likeness (QED) is 0.622. The number of carbonyl (C=O) groups is 1. The molecule has 0 aliphatic carbocycles. The number of ether oxygens (including phenoxy) is 2. The van der Waals surface area contributed by atoms with Crippen LogP contribution >= 0.6 is 0 Å². The van der Waals surface area contributed by atoms with Gasteiger partial charge in [0.1, 0.15) is 0 Å². The van der Waals surface area contributed by atoms with Crippen molar-refractivity contribution in [1.29, 1.82) is 0 Å². The second-order valence-corrected chi connectivity index (χ2v) is 2.90. The van der Waals surface area contributed by atoms with E-state index in [-0.39, 0.29) is 6.10 Å². The molecule has 2 atom stereocenters. The van der Waals surface area contributed by atoms with Gasteiger partial charge in [-0.1, -0.05) is 0 Å². The van der Waals surface area contributed by atoms with E-state index in [0.717, 1.165) is 0 Å². The van der Waals surface area contributed by atoms with Crippen molar-refractivity contribution in [3.8, 4) is 0 Å². The normalized spacial score (nSPS) is 28.7. The molecule has 1 fully saturated rings. The zero-order valence-corrected chi connectivity index (χ0v) is 7.66. The van der Waals surface area contributed by atoms with Crippen molar-refractivity contribution in [2.75, 3.05) is 26.3 Å². The summed E-state index contributed by atoms with van der Waals surface area (Å²) in [6.45, 7) is 4.00. The lowest BCUT2D eigenvalue weighted by atomic mass is 10.2. The molecule has 5 nitrogen and oxygen atoms in total. The number of carboxylic acid groups (broad SMARTS) is 1. The van der Waals surface area contributed by atoms with E-state index in [0.29, 0.717) is 26.3 Å². The van der Waals surface area contributed by atoms with Crippen LogP contribution in [-0.4, -0.2) is 49.6 Å². The molecule has 1 rings (SSSR count). The summed E-state index contributed by atoms with van der Waals surface area (Å²) in [5.74, 6) is -0.923. The molecule has 0 amide bonds. The highest BCUT2D eigenvalue weighted by molar-refractivity contribution is 5.72. The molecule has 1 heterocycles. The summed E-state index contributed by atoms with van der Waals surface area (Å²) in [5.41, 5.74) is 0. The molecule has 13 heavy (non-hydrogen) atoms. The van der Waals surface area contributed by atoms with Gasteiger partial charge in [0.05, 0.1) is 12.7 Å². The number of rotatable bonds is 4. The van der Waals surface area contributed by atoms with E-state index in [2.05, 4.69) is 5.32 Å². The highest BCUT2D eigenvalue weighted by atomic mass is 16.6. The fourth-order valence-electron chi connectivity index (χ4n) is 1.20. The topological polar surface area (TPSA) is 67.8 Å². The Morgan fingerprint density at radius 1 is 1.69 bits per heavy atom. The molecular weight excluding hydrogens is 174 g/mol. The van der Waals surface area contributed by atoms with Gasteiger partial charge in [0.15, 0.2) is 6.10 Å². The van der Waals surface area contributed by atoms with Crippen molar-refractivity contribution in [3.05, 3.63) is 0 Å². The van der Waals surface area contributed by atoms with E-state index in [4.69, 9.17) is 14.6 Å². The van der Waals surface area contributed by atoms with Crippen LogP contribution in [0.2, 0.25) is 0 Å². The van der Waals surface area contributed by atoms with Gasteiger partial charge in [0, 0.05) is 19.7 Å². The predicted octanol–water partition coefficient (Wildman–Crippen LogP) is -0.535. The zero-order valence-electron chi connectivity index (χ0n) is 7.66. The number of hydrogen-bond donors (Lipinski definition) is 2. The van der Waals surface area contributed by atoms with Crippen LogP contribution in [0.5, 0.6) is 0 Å². The Bertz CT molecular complexity index is 174. The van der Waals surface area contributed by atoms with Gasteiger partial charge in [0.25, 0.3) is 0 Å². The minimum absolute atomic E-state index is 0.144. The summed E-state index contributed by atoms with van der Waals surface area (Å²) in [6, 6.07) is 0. The monoisotopic (exact) mass is 189 g/mol. The maximum Gasteiger partial charge on any atom is 0.334 e. The molecule has 0 aromatic heterocycles. The summed E-state index contributed by atoms with van der Waals surface area (Å²) < 4.78 is 10.4. The molecule has 1 saturated heterocycles. The van der Waals surface area contributed by atoms with E-state index in [9.17, 15) is 4.79 Å². The maximum absolute atomic E-state index is 10.6. The second kappa shape index (κ2) is 5.16.